The Morgan fingerprint density at radius 3 is 2.00 bits per heavy atom. The molecular weight excluding hydrogens is 168 g/mol. The minimum Gasteiger partial charge on any atom is -0.0999 e. The Hall–Kier alpha value is -0.260. The second-order valence-electron chi connectivity index (χ2n) is 6.19. The molecule has 0 aliphatic heterocycles. The normalized spacial score (nSPS) is 16.4. The summed E-state index contributed by atoms with van der Waals surface area (Å²) < 4.78 is 0. The lowest BCUT2D eigenvalue weighted by atomic mass is 9.82. The van der Waals surface area contributed by atoms with E-state index in [0.717, 1.165) is 5.92 Å². The largest absolute Gasteiger partial charge is 0.0999 e. The first kappa shape index (κ1) is 13.7. The van der Waals surface area contributed by atoms with E-state index in [2.05, 4.69) is 48.1 Å². The quantitative estimate of drug-likeness (QED) is 0.540. The third-order valence-corrected chi connectivity index (χ3v) is 2.89. The van der Waals surface area contributed by atoms with Crippen LogP contribution < -0.4 is 0 Å². The molecule has 0 aromatic carbocycles. The monoisotopic (exact) mass is 196 g/mol. The SMILES string of the molecule is C=C(C)C(C)CCC(C)CC(C)(C)C. The lowest BCUT2D eigenvalue weighted by Gasteiger charge is -2.24. The van der Waals surface area contributed by atoms with Gasteiger partial charge in [-0.25, -0.2) is 0 Å². The van der Waals surface area contributed by atoms with Crippen LogP contribution in [0.2, 0.25) is 0 Å². The summed E-state index contributed by atoms with van der Waals surface area (Å²) in [6, 6.07) is 0. The molecule has 0 heterocycles. The zero-order valence-electron chi connectivity index (χ0n) is 11.0. The summed E-state index contributed by atoms with van der Waals surface area (Å²) in [6.07, 6.45) is 3.97. The molecule has 0 rings (SSSR count). The molecule has 0 heteroatoms. The Balaban J connectivity index is 3.74. The fourth-order valence-corrected chi connectivity index (χ4v) is 1.93. The van der Waals surface area contributed by atoms with Gasteiger partial charge in [0.25, 0.3) is 0 Å². The van der Waals surface area contributed by atoms with Crippen molar-refractivity contribution in [1.82, 2.24) is 0 Å². The van der Waals surface area contributed by atoms with E-state index in [0.29, 0.717) is 11.3 Å². The van der Waals surface area contributed by atoms with Crippen molar-refractivity contribution in [3.05, 3.63) is 12.2 Å². The van der Waals surface area contributed by atoms with Crippen LogP contribution in [0.25, 0.3) is 0 Å². The Morgan fingerprint density at radius 2 is 1.64 bits per heavy atom. The Morgan fingerprint density at radius 1 is 1.14 bits per heavy atom. The van der Waals surface area contributed by atoms with Gasteiger partial charge in [-0.2, -0.15) is 0 Å². The van der Waals surface area contributed by atoms with Gasteiger partial charge in [-0.05, 0) is 37.0 Å². The van der Waals surface area contributed by atoms with Crippen LogP contribution in [0, 0.1) is 17.3 Å². The van der Waals surface area contributed by atoms with Crippen LogP contribution in [0.3, 0.4) is 0 Å². The maximum atomic E-state index is 4.01. The van der Waals surface area contributed by atoms with E-state index >= 15 is 0 Å². The molecule has 84 valence electrons. The van der Waals surface area contributed by atoms with Gasteiger partial charge in [0, 0.05) is 0 Å². The van der Waals surface area contributed by atoms with E-state index in [4.69, 9.17) is 0 Å². The van der Waals surface area contributed by atoms with Gasteiger partial charge in [0.05, 0.1) is 0 Å². The molecule has 0 saturated carbocycles. The van der Waals surface area contributed by atoms with E-state index in [-0.39, 0.29) is 0 Å². The summed E-state index contributed by atoms with van der Waals surface area (Å²) in [5, 5.41) is 0. The summed E-state index contributed by atoms with van der Waals surface area (Å²) in [4.78, 5) is 0. The molecule has 0 saturated heterocycles. The maximum Gasteiger partial charge on any atom is -0.0237 e. The van der Waals surface area contributed by atoms with Crippen LogP contribution in [0.5, 0.6) is 0 Å². The Bertz CT molecular complexity index is 171. The molecule has 0 radical (unpaired) electrons. The molecule has 0 aromatic rings. The predicted octanol–water partition coefficient (Wildman–Crippen LogP) is 5.05. The van der Waals surface area contributed by atoms with Gasteiger partial charge < -0.3 is 0 Å². The van der Waals surface area contributed by atoms with Crippen molar-refractivity contribution >= 4 is 0 Å². The molecule has 0 fully saturated rings. The molecule has 0 N–H and O–H groups in total. The summed E-state index contributed by atoms with van der Waals surface area (Å²) in [7, 11) is 0. The average molecular weight is 196 g/mol. The molecular formula is C14H28. The molecule has 2 unspecified atom stereocenters. The highest BCUT2D eigenvalue weighted by atomic mass is 14.2. The van der Waals surface area contributed by atoms with E-state index in [1.807, 2.05) is 0 Å². The first-order valence-corrected chi connectivity index (χ1v) is 5.88. The molecule has 0 spiro atoms. The highest BCUT2D eigenvalue weighted by Crippen LogP contribution is 2.28. The maximum absolute atomic E-state index is 4.01. The average Bonchev–Trinajstić information content (AvgIpc) is 1.96. The Labute approximate surface area is 90.8 Å². The van der Waals surface area contributed by atoms with Crippen molar-refractivity contribution in [2.75, 3.05) is 0 Å². The highest BCUT2D eigenvalue weighted by molar-refractivity contribution is 4.93. The van der Waals surface area contributed by atoms with Crippen molar-refractivity contribution in [1.29, 1.82) is 0 Å². The van der Waals surface area contributed by atoms with Crippen molar-refractivity contribution in [3.63, 3.8) is 0 Å². The molecule has 14 heavy (non-hydrogen) atoms. The smallest absolute Gasteiger partial charge is 0.0237 e. The van der Waals surface area contributed by atoms with Crippen LogP contribution in [-0.4, -0.2) is 0 Å². The zero-order valence-corrected chi connectivity index (χ0v) is 11.0. The minimum atomic E-state index is 0.478. The second kappa shape index (κ2) is 5.58. The number of rotatable bonds is 5. The van der Waals surface area contributed by atoms with Gasteiger partial charge >= 0.3 is 0 Å². The summed E-state index contributed by atoms with van der Waals surface area (Å²) >= 11 is 0. The minimum absolute atomic E-state index is 0.478. The fraction of sp³-hybridized carbons (Fsp3) is 0.857. The lowest BCUT2D eigenvalue weighted by Crippen LogP contribution is -2.12. The van der Waals surface area contributed by atoms with Gasteiger partial charge in [0.15, 0.2) is 0 Å². The van der Waals surface area contributed by atoms with E-state index in [1.165, 1.54) is 24.8 Å². The van der Waals surface area contributed by atoms with Crippen LogP contribution in [-0.2, 0) is 0 Å². The van der Waals surface area contributed by atoms with Gasteiger partial charge in [0.2, 0.25) is 0 Å². The van der Waals surface area contributed by atoms with E-state index < -0.39 is 0 Å². The van der Waals surface area contributed by atoms with Crippen LogP contribution in [0.4, 0.5) is 0 Å². The van der Waals surface area contributed by atoms with Gasteiger partial charge in [-0.1, -0.05) is 53.2 Å². The molecule has 0 amide bonds. The summed E-state index contributed by atoms with van der Waals surface area (Å²) in [5.41, 5.74) is 1.80. The number of allylic oxidation sites excluding steroid dienone is 1. The topological polar surface area (TPSA) is 0 Å². The number of hydrogen-bond acceptors (Lipinski definition) is 0. The van der Waals surface area contributed by atoms with Crippen molar-refractivity contribution < 1.29 is 0 Å². The molecule has 0 aliphatic carbocycles. The summed E-state index contributed by atoms with van der Waals surface area (Å²) in [6.45, 7) is 17.8. The third-order valence-electron chi connectivity index (χ3n) is 2.89. The first-order chi connectivity index (χ1) is 6.22. The first-order valence-electron chi connectivity index (χ1n) is 5.88. The molecule has 0 bridgehead atoms. The molecule has 2 atom stereocenters. The van der Waals surface area contributed by atoms with Gasteiger partial charge in [-0.3, -0.25) is 0 Å². The second-order valence-corrected chi connectivity index (χ2v) is 6.19. The van der Waals surface area contributed by atoms with E-state index in [1.54, 1.807) is 0 Å². The van der Waals surface area contributed by atoms with Crippen molar-refractivity contribution in [3.8, 4) is 0 Å². The highest BCUT2D eigenvalue weighted by Gasteiger charge is 2.15. The Kier molecular flexibility index (Phi) is 5.48. The van der Waals surface area contributed by atoms with Crippen LogP contribution in [0.15, 0.2) is 12.2 Å². The molecule has 0 aliphatic rings. The van der Waals surface area contributed by atoms with Gasteiger partial charge in [-0.15, -0.1) is 0 Å². The summed E-state index contributed by atoms with van der Waals surface area (Å²) in [5.74, 6) is 1.54. The number of hydrogen-bond donors (Lipinski definition) is 0. The van der Waals surface area contributed by atoms with Crippen molar-refractivity contribution in [2.24, 2.45) is 17.3 Å². The third kappa shape index (κ3) is 7.17. The van der Waals surface area contributed by atoms with Crippen molar-refractivity contribution in [2.45, 2.75) is 60.8 Å². The molecule has 0 nitrogen and oxygen atoms in total. The van der Waals surface area contributed by atoms with Crippen LogP contribution in [0.1, 0.15) is 60.8 Å². The van der Waals surface area contributed by atoms with Crippen LogP contribution >= 0.6 is 0 Å². The lowest BCUT2D eigenvalue weighted by molar-refractivity contribution is 0.287. The standard InChI is InChI=1S/C14H28/c1-11(2)13(4)9-8-12(3)10-14(5,6)7/h12-13H,1,8-10H2,2-7H3. The predicted molar refractivity (Wildman–Crippen MR) is 66.4 cm³/mol. The van der Waals surface area contributed by atoms with Gasteiger partial charge in [0.1, 0.15) is 0 Å². The molecule has 0 aromatic heterocycles. The zero-order chi connectivity index (χ0) is 11.4. The van der Waals surface area contributed by atoms with E-state index in [9.17, 15) is 0 Å². The fourth-order valence-electron chi connectivity index (χ4n) is 1.93.